The minimum atomic E-state index is -3.81. The van der Waals surface area contributed by atoms with Crippen LogP contribution in [0.15, 0.2) is 42.5 Å². The topological polar surface area (TPSA) is 84.5 Å². The van der Waals surface area contributed by atoms with Crippen molar-refractivity contribution in [2.75, 3.05) is 18.4 Å². The number of hydrogen-bond donors (Lipinski definition) is 2. The molecule has 0 heterocycles. The molecule has 0 aliphatic heterocycles. The Morgan fingerprint density at radius 3 is 2.28 bits per heavy atom. The Morgan fingerprint density at radius 1 is 1.03 bits per heavy atom. The van der Waals surface area contributed by atoms with Crippen molar-refractivity contribution in [1.82, 2.24) is 5.32 Å². The van der Waals surface area contributed by atoms with E-state index < -0.39 is 15.7 Å². The van der Waals surface area contributed by atoms with Crippen molar-refractivity contribution in [1.29, 1.82) is 0 Å². The lowest BCUT2D eigenvalue weighted by Gasteiger charge is -2.24. The number of nitrogens with one attached hydrogen (secondary N) is 2. The van der Waals surface area contributed by atoms with Crippen molar-refractivity contribution in [3.8, 4) is 0 Å². The van der Waals surface area contributed by atoms with Gasteiger partial charge in [-0.3, -0.25) is 13.7 Å². The molecule has 0 spiro atoms. The minimum absolute atomic E-state index is 0.0668. The zero-order valence-electron chi connectivity index (χ0n) is 17.7. The van der Waals surface area contributed by atoms with E-state index >= 15 is 0 Å². The van der Waals surface area contributed by atoms with E-state index in [4.69, 9.17) is 0 Å². The van der Waals surface area contributed by atoms with Gasteiger partial charge in [-0.25, -0.2) is 0 Å². The minimum Gasteiger partial charge on any atom is -0.355 e. The molecule has 7 heteroatoms. The molecule has 0 saturated carbocycles. The molecule has 1 amide bonds. The van der Waals surface area contributed by atoms with E-state index in [1.807, 2.05) is 13.8 Å². The summed E-state index contributed by atoms with van der Waals surface area (Å²) in [6, 6.07) is 13.2. The maximum absolute atomic E-state index is 12.7. The fourth-order valence-corrected chi connectivity index (χ4v) is 3.45. The third-order valence-corrected chi connectivity index (χ3v) is 6.06. The van der Waals surface area contributed by atoms with Crippen LogP contribution in [-0.2, 0) is 31.1 Å². The highest BCUT2D eigenvalue weighted by Crippen LogP contribution is 2.25. The van der Waals surface area contributed by atoms with Crippen LogP contribution in [0.3, 0.4) is 0 Å². The number of anilines is 1. The average molecular weight is 419 g/mol. The first kappa shape index (κ1) is 22.9. The van der Waals surface area contributed by atoms with Gasteiger partial charge in [-0.2, -0.15) is 8.42 Å². The van der Waals surface area contributed by atoms with Crippen molar-refractivity contribution in [3.05, 3.63) is 64.7 Å². The molecule has 0 aliphatic rings. The van der Waals surface area contributed by atoms with Gasteiger partial charge in [0.15, 0.2) is 0 Å². The number of amides is 1. The van der Waals surface area contributed by atoms with Gasteiger partial charge in [-0.15, -0.1) is 0 Å². The molecule has 158 valence electrons. The summed E-state index contributed by atoms with van der Waals surface area (Å²) in [5, 5.41) is 3.01. The first-order valence-corrected chi connectivity index (χ1v) is 11.0. The molecule has 0 aromatic heterocycles. The molecule has 2 N–H and O–H groups in total. The van der Waals surface area contributed by atoms with Crippen molar-refractivity contribution in [2.45, 2.75) is 46.0 Å². The summed E-state index contributed by atoms with van der Waals surface area (Å²) in [4.78, 5) is 12.7. The number of carbonyl (C=O) groups is 1. The van der Waals surface area contributed by atoms with Crippen molar-refractivity contribution < 1.29 is 17.4 Å². The van der Waals surface area contributed by atoms with E-state index in [1.54, 1.807) is 24.3 Å². The summed E-state index contributed by atoms with van der Waals surface area (Å²) in [5.41, 5.74) is 4.27. The van der Waals surface area contributed by atoms with Crippen LogP contribution in [0.4, 0.5) is 5.69 Å². The van der Waals surface area contributed by atoms with Gasteiger partial charge in [0.05, 0.1) is 18.2 Å². The van der Waals surface area contributed by atoms with Gasteiger partial charge in [0.2, 0.25) is 5.91 Å². The fourth-order valence-electron chi connectivity index (χ4n) is 2.95. The molecule has 0 fully saturated rings. The predicted molar refractivity (Wildman–Crippen MR) is 116 cm³/mol. The predicted octanol–water partition coefficient (Wildman–Crippen LogP) is 3.63. The van der Waals surface area contributed by atoms with E-state index in [2.05, 4.69) is 46.3 Å². The van der Waals surface area contributed by atoms with Crippen LogP contribution in [0.1, 0.15) is 42.5 Å². The molecule has 2 aromatic carbocycles. The normalized spacial score (nSPS) is 11.9. The summed E-state index contributed by atoms with van der Waals surface area (Å²) in [6.07, 6.45) is 1.78. The molecule has 29 heavy (non-hydrogen) atoms. The Bertz CT molecular complexity index is 951. The molecule has 0 saturated heterocycles. The first-order chi connectivity index (χ1) is 13.5. The number of benzene rings is 2. The summed E-state index contributed by atoms with van der Waals surface area (Å²) in [7, 11) is -2.72. The van der Waals surface area contributed by atoms with Crippen LogP contribution < -0.4 is 10.0 Å². The molecule has 2 rings (SSSR count). The molecule has 0 bridgehead atoms. The first-order valence-electron chi connectivity index (χ1n) is 9.58. The number of aryl methyl sites for hydroxylation is 3. The SMILES string of the molecule is COS(=O)(=O)Nc1ccc(C(C)(C)C(=O)NCCCc2ccc(C)c(C)c2)cc1. The second-order valence-electron chi connectivity index (χ2n) is 7.70. The molecular formula is C22H30N2O4S. The largest absolute Gasteiger partial charge is 0.359 e. The highest BCUT2D eigenvalue weighted by Gasteiger charge is 2.29. The number of carbonyl (C=O) groups excluding carboxylic acids is 1. The quantitative estimate of drug-likeness (QED) is 0.609. The highest BCUT2D eigenvalue weighted by molar-refractivity contribution is 7.88. The van der Waals surface area contributed by atoms with Crippen molar-refractivity contribution in [2.24, 2.45) is 0 Å². The Hall–Kier alpha value is -2.38. The maximum atomic E-state index is 12.7. The van der Waals surface area contributed by atoms with Gasteiger partial charge in [0.25, 0.3) is 0 Å². The van der Waals surface area contributed by atoms with Gasteiger partial charge >= 0.3 is 10.3 Å². The Balaban J connectivity index is 1.90. The van der Waals surface area contributed by atoms with E-state index in [0.717, 1.165) is 25.5 Å². The molecule has 0 aliphatic carbocycles. The van der Waals surface area contributed by atoms with Crippen LogP contribution in [0.2, 0.25) is 0 Å². The number of hydrogen-bond acceptors (Lipinski definition) is 4. The summed E-state index contributed by atoms with van der Waals surface area (Å²) in [6.45, 7) is 8.50. The summed E-state index contributed by atoms with van der Waals surface area (Å²) < 4.78 is 29.6. The van der Waals surface area contributed by atoms with Crippen LogP contribution in [-0.4, -0.2) is 28.0 Å². The van der Waals surface area contributed by atoms with Gasteiger partial charge in [-0.1, -0.05) is 30.3 Å². The molecule has 0 radical (unpaired) electrons. The van der Waals surface area contributed by atoms with Gasteiger partial charge in [-0.05, 0) is 74.9 Å². The molecular weight excluding hydrogens is 388 g/mol. The van der Waals surface area contributed by atoms with Crippen LogP contribution in [0.25, 0.3) is 0 Å². The monoisotopic (exact) mass is 418 g/mol. The molecule has 2 aromatic rings. The summed E-state index contributed by atoms with van der Waals surface area (Å²) >= 11 is 0. The zero-order chi connectivity index (χ0) is 21.7. The van der Waals surface area contributed by atoms with Gasteiger partial charge in [0.1, 0.15) is 0 Å². The van der Waals surface area contributed by atoms with Gasteiger partial charge < -0.3 is 5.32 Å². The summed E-state index contributed by atoms with van der Waals surface area (Å²) in [5.74, 6) is -0.0668. The Morgan fingerprint density at radius 2 is 1.69 bits per heavy atom. The fraction of sp³-hybridized carbons (Fsp3) is 0.409. The van der Waals surface area contributed by atoms with E-state index in [9.17, 15) is 13.2 Å². The third kappa shape index (κ3) is 6.30. The molecule has 6 nitrogen and oxygen atoms in total. The second kappa shape index (κ2) is 9.41. The lowest BCUT2D eigenvalue weighted by Crippen LogP contribution is -2.40. The van der Waals surface area contributed by atoms with Crippen molar-refractivity contribution >= 4 is 21.9 Å². The highest BCUT2D eigenvalue weighted by atomic mass is 32.2. The van der Waals surface area contributed by atoms with Crippen LogP contribution in [0.5, 0.6) is 0 Å². The van der Waals surface area contributed by atoms with E-state index in [-0.39, 0.29) is 5.91 Å². The van der Waals surface area contributed by atoms with Crippen LogP contribution >= 0.6 is 0 Å². The second-order valence-corrected chi connectivity index (χ2v) is 9.15. The lowest BCUT2D eigenvalue weighted by atomic mass is 9.83. The zero-order valence-corrected chi connectivity index (χ0v) is 18.5. The average Bonchev–Trinajstić information content (AvgIpc) is 2.68. The third-order valence-electron chi connectivity index (χ3n) is 5.14. The lowest BCUT2D eigenvalue weighted by molar-refractivity contribution is -0.125. The standard InChI is InChI=1S/C22H30N2O4S/c1-16-8-9-18(15-17(16)2)7-6-14-23-21(25)22(3,4)19-10-12-20(13-11-19)24-29(26,27)28-5/h8-13,15,24H,6-7,14H2,1-5H3,(H,23,25). The number of rotatable bonds is 9. The van der Waals surface area contributed by atoms with E-state index in [0.29, 0.717) is 12.2 Å². The Labute approximate surface area is 173 Å². The smallest absolute Gasteiger partial charge is 0.355 e. The van der Waals surface area contributed by atoms with E-state index in [1.165, 1.54) is 16.7 Å². The molecule has 0 atom stereocenters. The maximum Gasteiger partial charge on any atom is 0.359 e. The Kier molecular flexibility index (Phi) is 7.43. The van der Waals surface area contributed by atoms with Crippen LogP contribution in [0, 0.1) is 13.8 Å². The molecule has 0 unspecified atom stereocenters. The van der Waals surface area contributed by atoms with Crippen molar-refractivity contribution in [3.63, 3.8) is 0 Å². The van der Waals surface area contributed by atoms with Gasteiger partial charge in [0, 0.05) is 6.54 Å².